The van der Waals surface area contributed by atoms with Gasteiger partial charge in [-0.05, 0) is 54.7 Å². The fourth-order valence-corrected chi connectivity index (χ4v) is 4.95. The second-order valence-corrected chi connectivity index (χ2v) is 9.92. The minimum Gasteiger partial charge on any atom is -0.362 e. The fourth-order valence-electron chi connectivity index (χ4n) is 2.69. The summed E-state index contributed by atoms with van der Waals surface area (Å²) >= 11 is 7.08. The first-order valence-corrected chi connectivity index (χ1v) is 12.2. The Balaban J connectivity index is 1.57. The molecule has 0 amide bonds. The van der Waals surface area contributed by atoms with E-state index in [9.17, 15) is 8.42 Å². The lowest BCUT2D eigenvalue weighted by molar-refractivity contribution is 0.594. The molecule has 5 nitrogen and oxygen atoms in total. The van der Waals surface area contributed by atoms with E-state index in [0.717, 1.165) is 5.75 Å². The Morgan fingerprint density at radius 3 is 2.33 bits per heavy atom. The molecule has 0 heterocycles. The van der Waals surface area contributed by atoms with Crippen molar-refractivity contribution in [3.63, 3.8) is 0 Å². The van der Waals surface area contributed by atoms with Crippen molar-refractivity contribution in [1.29, 1.82) is 0 Å². The van der Waals surface area contributed by atoms with Crippen molar-refractivity contribution in [3.05, 3.63) is 84.9 Å². The van der Waals surface area contributed by atoms with Gasteiger partial charge in [0.05, 0.1) is 10.6 Å². The highest BCUT2D eigenvalue weighted by atomic mass is 32.2. The molecule has 0 aliphatic rings. The SMILES string of the molecule is CN(c1ccccc1)S(=O)(=O)c1cccc(NC(=S)NCCSc2ccccc2)c1. The van der Waals surface area contributed by atoms with Gasteiger partial charge in [0.1, 0.15) is 0 Å². The molecular weight excluding hydrogens is 434 g/mol. The molecule has 3 rings (SSSR count). The monoisotopic (exact) mass is 457 g/mol. The Morgan fingerprint density at radius 1 is 0.967 bits per heavy atom. The second-order valence-electron chi connectivity index (χ2n) is 6.38. The third-order valence-corrected chi connectivity index (χ3v) is 7.31. The Kier molecular flexibility index (Phi) is 7.73. The molecule has 30 heavy (non-hydrogen) atoms. The number of sulfonamides is 1. The number of hydrogen-bond donors (Lipinski definition) is 2. The highest BCUT2D eigenvalue weighted by molar-refractivity contribution is 7.99. The van der Waals surface area contributed by atoms with Crippen LogP contribution in [0.3, 0.4) is 0 Å². The van der Waals surface area contributed by atoms with E-state index in [1.807, 2.05) is 24.3 Å². The molecule has 8 heteroatoms. The summed E-state index contributed by atoms with van der Waals surface area (Å²) in [6.07, 6.45) is 0. The predicted molar refractivity (Wildman–Crippen MR) is 130 cm³/mol. The summed E-state index contributed by atoms with van der Waals surface area (Å²) < 4.78 is 27.2. The number of thiocarbonyl (C=S) groups is 1. The molecular formula is C22H23N3O2S3. The Bertz CT molecular complexity index is 1080. The lowest BCUT2D eigenvalue weighted by Crippen LogP contribution is -2.30. The number of rotatable bonds is 8. The summed E-state index contributed by atoms with van der Waals surface area (Å²) in [4.78, 5) is 1.40. The van der Waals surface area contributed by atoms with Crippen LogP contribution in [0.2, 0.25) is 0 Å². The van der Waals surface area contributed by atoms with Crippen LogP contribution in [0.5, 0.6) is 0 Å². The van der Waals surface area contributed by atoms with Crippen molar-refractivity contribution in [2.75, 3.05) is 29.0 Å². The van der Waals surface area contributed by atoms with E-state index in [1.54, 1.807) is 67.3 Å². The molecule has 0 radical (unpaired) electrons. The number of hydrogen-bond acceptors (Lipinski definition) is 4. The van der Waals surface area contributed by atoms with Crippen LogP contribution >= 0.6 is 24.0 Å². The molecule has 3 aromatic carbocycles. The Labute approximate surface area is 187 Å². The van der Waals surface area contributed by atoms with Crippen molar-refractivity contribution in [3.8, 4) is 0 Å². The molecule has 0 bridgehead atoms. The first kappa shape index (κ1) is 22.1. The average molecular weight is 458 g/mol. The van der Waals surface area contributed by atoms with Gasteiger partial charge in [-0.25, -0.2) is 8.42 Å². The van der Waals surface area contributed by atoms with E-state index in [0.29, 0.717) is 23.0 Å². The minimum atomic E-state index is -3.68. The zero-order valence-electron chi connectivity index (χ0n) is 16.5. The second kappa shape index (κ2) is 10.5. The molecule has 0 aromatic heterocycles. The molecule has 0 fully saturated rings. The minimum absolute atomic E-state index is 0.196. The normalized spacial score (nSPS) is 11.0. The van der Waals surface area contributed by atoms with Gasteiger partial charge in [0.15, 0.2) is 5.11 Å². The summed E-state index contributed by atoms with van der Waals surface area (Å²) in [5.41, 5.74) is 1.22. The lowest BCUT2D eigenvalue weighted by Gasteiger charge is -2.20. The first-order chi connectivity index (χ1) is 14.5. The van der Waals surface area contributed by atoms with Gasteiger partial charge in [-0.15, -0.1) is 11.8 Å². The zero-order chi connectivity index (χ0) is 21.4. The Morgan fingerprint density at radius 2 is 1.63 bits per heavy atom. The number of anilines is 2. The van der Waals surface area contributed by atoms with Crippen LogP contribution in [-0.2, 0) is 10.0 Å². The Hall–Kier alpha value is -2.55. The molecule has 0 saturated carbocycles. The number of benzene rings is 3. The van der Waals surface area contributed by atoms with Crippen LogP contribution in [0, 0.1) is 0 Å². The van der Waals surface area contributed by atoms with Crippen LogP contribution < -0.4 is 14.9 Å². The summed E-state index contributed by atoms with van der Waals surface area (Å²) in [6, 6.07) is 25.8. The number of para-hydroxylation sites is 1. The number of nitrogens with one attached hydrogen (secondary N) is 2. The van der Waals surface area contributed by atoms with E-state index in [-0.39, 0.29) is 4.90 Å². The molecule has 0 aliphatic carbocycles. The third kappa shape index (κ3) is 5.98. The van der Waals surface area contributed by atoms with E-state index in [2.05, 4.69) is 22.8 Å². The van der Waals surface area contributed by atoms with Crippen molar-refractivity contribution in [1.82, 2.24) is 5.32 Å². The highest BCUT2D eigenvalue weighted by Gasteiger charge is 2.21. The van der Waals surface area contributed by atoms with Crippen molar-refractivity contribution in [2.45, 2.75) is 9.79 Å². The molecule has 3 aromatic rings. The van der Waals surface area contributed by atoms with E-state index >= 15 is 0 Å². The van der Waals surface area contributed by atoms with Crippen LogP contribution in [0.1, 0.15) is 0 Å². The predicted octanol–water partition coefficient (Wildman–Crippen LogP) is 4.59. The quantitative estimate of drug-likeness (QED) is 0.293. The van der Waals surface area contributed by atoms with Gasteiger partial charge in [-0.1, -0.05) is 42.5 Å². The molecule has 156 valence electrons. The maximum atomic E-state index is 13.0. The van der Waals surface area contributed by atoms with Crippen molar-refractivity contribution in [2.24, 2.45) is 0 Å². The van der Waals surface area contributed by atoms with Crippen LogP contribution in [-0.4, -0.2) is 32.9 Å². The van der Waals surface area contributed by atoms with Crippen LogP contribution in [0.25, 0.3) is 0 Å². The van der Waals surface area contributed by atoms with E-state index in [4.69, 9.17) is 12.2 Å². The summed E-state index contributed by atoms with van der Waals surface area (Å²) in [5.74, 6) is 0.863. The van der Waals surface area contributed by atoms with Gasteiger partial charge < -0.3 is 10.6 Å². The molecule has 0 spiro atoms. The lowest BCUT2D eigenvalue weighted by atomic mass is 10.3. The van der Waals surface area contributed by atoms with E-state index in [1.165, 1.54) is 9.20 Å². The number of thioether (sulfide) groups is 1. The van der Waals surface area contributed by atoms with E-state index < -0.39 is 10.0 Å². The molecule has 0 atom stereocenters. The third-order valence-electron chi connectivity index (χ3n) is 4.27. The van der Waals surface area contributed by atoms with Crippen LogP contribution in [0.15, 0.2) is 94.7 Å². The van der Waals surface area contributed by atoms with Gasteiger partial charge in [0.25, 0.3) is 10.0 Å². The van der Waals surface area contributed by atoms with Gasteiger partial charge in [0, 0.05) is 29.9 Å². The summed E-state index contributed by atoms with van der Waals surface area (Å²) in [7, 11) is -2.13. The average Bonchev–Trinajstić information content (AvgIpc) is 2.77. The van der Waals surface area contributed by atoms with Crippen LogP contribution in [0.4, 0.5) is 11.4 Å². The fraction of sp³-hybridized carbons (Fsp3) is 0.136. The van der Waals surface area contributed by atoms with Crippen molar-refractivity contribution >= 4 is 50.5 Å². The highest BCUT2D eigenvalue weighted by Crippen LogP contribution is 2.23. The summed E-state index contributed by atoms with van der Waals surface area (Å²) in [5, 5.41) is 6.66. The van der Waals surface area contributed by atoms with Gasteiger partial charge in [0.2, 0.25) is 0 Å². The smallest absolute Gasteiger partial charge is 0.264 e. The summed E-state index contributed by atoms with van der Waals surface area (Å²) in [6.45, 7) is 0.695. The largest absolute Gasteiger partial charge is 0.362 e. The zero-order valence-corrected chi connectivity index (χ0v) is 18.9. The molecule has 2 N–H and O–H groups in total. The van der Waals surface area contributed by atoms with Gasteiger partial charge in [-0.3, -0.25) is 4.31 Å². The van der Waals surface area contributed by atoms with Gasteiger partial charge >= 0.3 is 0 Å². The topological polar surface area (TPSA) is 61.4 Å². The molecule has 0 aliphatic heterocycles. The standard InChI is InChI=1S/C22H23N3O2S3/c1-25(19-10-4-2-5-11-19)30(26,27)21-14-8-9-18(17-21)24-22(28)23-15-16-29-20-12-6-3-7-13-20/h2-14,17H,15-16H2,1H3,(H2,23,24,28). The number of nitrogens with zero attached hydrogens (tertiary/aromatic N) is 1. The molecule has 0 unspecified atom stereocenters. The maximum Gasteiger partial charge on any atom is 0.264 e. The maximum absolute atomic E-state index is 13.0. The van der Waals surface area contributed by atoms with Crippen molar-refractivity contribution < 1.29 is 8.42 Å². The molecule has 0 saturated heterocycles. The van der Waals surface area contributed by atoms with Gasteiger partial charge in [-0.2, -0.15) is 0 Å². The first-order valence-electron chi connectivity index (χ1n) is 9.33.